The molecule has 0 saturated heterocycles. The molecule has 2 radical (unpaired) electrons. The lowest BCUT2D eigenvalue weighted by atomic mass is 10.3. The third-order valence-electron chi connectivity index (χ3n) is 1.19. The van der Waals surface area contributed by atoms with Crippen LogP contribution in [0.3, 0.4) is 0 Å². The Labute approximate surface area is 69.6 Å². The number of methoxy groups -OCH3 is 1. The van der Waals surface area contributed by atoms with Crippen LogP contribution in [-0.2, 0) is 9.47 Å². The Hall–Kier alpha value is 0.0569. The highest BCUT2D eigenvalue weighted by atomic mass is 28.2. The van der Waals surface area contributed by atoms with E-state index in [4.69, 9.17) is 20.0 Å². The van der Waals surface area contributed by atoms with Crippen LogP contribution < -0.4 is 5.73 Å². The second-order valence-corrected chi connectivity index (χ2v) is 2.79. The number of hydrogen-bond donors (Lipinski definition) is 2. The Bertz CT molecular complexity index is 80.2. The number of hydrogen-bond acceptors (Lipinski definition) is 4. The summed E-state index contributed by atoms with van der Waals surface area (Å²) in [6.45, 7) is 1.28. The monoisotopic (exact) mass is 177 g/mol. The zero-order valence-corrected chi connectivity index (χ0v) is 7.75. The molecule has 1 atom stereocenters. The van der Waals surface area contributed by atoms with Crippen molar-refractivity contribution in [1.82, 2.24) is 0 Å². The number of nitrogens with two attached hydrogens (primary N) is 1. The third kappa shape index (κ3) is 6.45. The van der Waals surface area contributed by atoms with Crippen LogP contribution in [0, 0.1) is 0 Å². The van der Waals surface area contributed by atoms with Gasteiger partial charge in [-0.2, -0.15) is 0 Å². The van der Waals surface area contributed by atoms with E-state index in [2.05, 4.69) is 0 Å². The first-order chi connectivity index (χ1) is 5.35. The van der Waals surface area contributed by atoms with Gasteiger partial charge in [-0.25, -0.2) is 0 Å². The Balaban J connectivity index is 3.07. The van der Waals surface area contributed by atoms with E-state index in [0.717, 1.165) is 12.8 Å². The Morgan fingerprint density at radius 2 is 2.27 bits per heavy atom. The molecule has 0 aliphatic heterocycles. The van der Waals surface area contributed by atoms with E-state index in [0.29, 0.717) is 13.2 Å². The van der Waals surface area contributed by atoms with Crippen molar-refractivity contribution in [2.45, 2.75) is 18.8 Å². The summed E-state index contributed by atoms with van der Waals surface area (Å²) in [7, 11) is 1.20. The maximum absolute atomic E-state index is 8.64. The molecule has 3 N–H and O–H groups in total. The zero-order valence-electron chi connectivity index (χ0n) is 6.75. The minimum absolute atomic E-state index is 0.315. The maximum Gasteiger partial charge on any atom is 0.295 e. The van der Waals surface area contributed by atoms with Crippen LogP contribution in [0.2, 0.25) is 0 Å². The topological polar surface area (TPSA) is 64.7 Å². The summed E-state index contributed by atoms with van der Waals surface area (Å²) in [6, 6.07) is 0. The van der Waals surface area contributed by atoms with E-state index < -0.39 is 5.91 Å². The fourth-order valence-corrected chi connectivity index (χ4v) is 0.893. The van der Waals surface area contributed by atoms with Crippen molar-refractivity contribution in [2.24, 2.45) is 5.73 Å². The molecule has 1 unspecified atom stereocenters. The van der Waals surface area contributed by atoms with Crippen LogP contribution in [0.15, 0.2) is 0 Å². The summed E-state index contributed by atoms with van der Waals surface area (Å²) in [5.74, 6) is -0.451. The molecular formula is C6H15NO3Si. The SMILES string of the molecule is COC(OCCCCN)[Si]O. The minimum Gasteiger partial charge on any atom is -0.428 e. The van der Waals surface area contributed by atoms with Gasteiger partial charge in [0.1, 0.15) is 0 Å². The molecule has 0 bridgehead atoms. The number of ether oxygens (including phenoxy) is 2. The summed E-state index contributed by atoms with van der Waals surface area (Å²) in [5, 5.41) is 0. The molecule has 5 heteroatoms. The summed E-state index contributed by atoms with van der Waals surface area (Å²) in [4.78, 5) is 8.64. The smallest absolute Gasteiger partial charge is 0.295 e. The van der Waals surface area contributed by atoms with Crippen molar-refractivity contribution in [3.63, 3.8) is 0 Å². The lowest BCUT2D eigenvalue weighted by Gasteiger charge is -2.11. The van der Waals surface area contributed by atoms with Gasteiger partial charge < -0.3 is 20.0 Å². The van der Waals surface area contributed by atoms with Gasteiger partial charge in [-0.15, -0.1) is 0 Å². The molecule has 11 heavy (non-hydrogen) atoms. The molecule has 0 aromatic heterocycles. The average molecular weight is 177 g/mol. The van der Waals surface area contributed by atoms with E-state index in [-0.39, 0.29) is 9.76 Å². The molecule has 0 aliphatic rings. The van der Waals surface area contributed by atoms with Gasteiger partial charge in [0.15, 0.2) is 5.91 Å². The maximum atomic E-state index is 8.64. The van der Waals surface area contributed by atoms with Crippen molar-refractivity contribution in [1.29, 1.82) is 0 Å². The Morgan fingerprint density at radius 1 is 1.55 bits per heavy atom. The van der Waals surface area contributed by atoms with Crippen LogP contribution >= 0.6 is 0 Å². The van der Waals surface area contributed by atoms with E-state index >= 15 is 0 Å². The van der Waals surface area contributed by atoms with Crippen LogP contribution in [0.1, 0.15) is 12.8 Å². The fourth-order valence-electron chi connectivity index (χ4n) is 0.595. The fraction of sp³-hybridized carbons (Fsp3) is 1.00. The van der Waals surface area contributed by atoms with Crippen molar-refractivity contribution >= 4 is 9.76 Å². The first-order valence-electron chi connectivity index (χ1n) is 3.59. The second-order valence-electron chi connectivity index (χ2n) is 2.06. The first kappa shape index (κ1) is 11.1. The van der Waals surface area contributed by atoms with Gasteiger partial charge in [0.05, 0.1) is 0 Å². The second kappa shape index (κ2) is 8.16. The molecule has 4 nitrogen and oxygen atoms in total. The van der Waals surface area contributed by atoms with Crippen molar-refractivity contribution in [3.05, 3.63) is 0 Å². The Kier molecular flexibility index (Phi) is 8.20. The summed E-state index contributed by atoms with van der Waals surface area (Å²) < 4.78 is 9.92. The zero-order chi connectivity index (χ0) is 8.53. The van der Waals surface area contributed by atoms with Gasteiger partial charge in [-0.3, -0.25) is 0 Å². The van der Waals surface area contributed by atoms with E-state index in [9.17, 15) is 0 Å². The summed E-state index contributed by atoms with van der Waals surface area (Å²) in [6.07, 6.45) is 1.87. The highest BCUT2D eigenvalue weighted by molar-refractivity contribution is 6.26. The molecule has 0 spiro atoms. The van der Waals surface area contributed by atoms with E-state index in [1.807, 2.05) is 0 Å². The van der Waals surface area contributed by atoms with Gasteiger partial charge >= 0.3 is 0 Å². The van der Waals surface area contributed by atoms with E-state index in [1.54, 1.807) is 0 Å². The van der Waals surface area contributed by atoms with Crippen LogP contribution in [0.5, 0.6) is 0 Å². The average Bonchev–Trinajstić information content (AvgIpc) is 2.05. The highest BCUT2D eigenvalue weighted by Gasteiger charge is 2.05. The molecule has 0 aromatic rings. The molecule has 0 aliphatic carbocycles. The summed E-state index contributed by atoms with van der Waals surface area (Å²) in [5.41, 5.74) is 5.28. The van der Waals surface area contributed by atoms with Crippen molar-refractivity contribution < 1.29 is 14.3 Å². The van der Waals surface area contributed by atoms with Gasteiger partial charge in [-0.1, -0.05) is 0 Å². The molecule has 0 rings (SSSR count). The molecule has 0 aromatic carbocycles. The predicted octanol–water partition coefficient (Wildman–Crippen LogP) is -0.717. The van der Waals surface area contributed by atoms with Gasteiger partial charge in [-0.05, 0) is 19.4 Å². The van der Waals surface area contributed by atoms with Crippen LogP contribution in [0.25, 0.3) is 0 Å². The molecule has 0 amide bonds. The van der Waals surface area contributed by atoms with E-state index in [1.165, 1.54) is 7.11 Å². The highest BCUT2D eigenvalue weighted by Crippen LogP contribution is 1.93. The number of rotatable bonds is 7. The normalized spacial score (nSPS) is 13.4. The summed E-state index contributed by atoms with van der Waals surface area (Å²) >= 11 is 0. The largest absolute Gasteiger partial charge is 0.428 e. The molecule has 0 saturated carbocycles. The van der Waals surface area contributed by atoms with Crippen molar-refractivity contribution in [2.75, 3.05) is 20.3 Å². The van der Waals surface area contributed by atoms with Crippen LogP contribution in [-0.4, -0.2) is 40.7 Å². The molecule has 0 fully saturated rings. The Morgan fingerprint density at radius 3 is 2.73 bits per heavy atom. The lowest BCUT2D eigenvalue weighted by Crippen LogP contribution is -2.23. The van der Waals surface area contributed by atoms with Gasteiger partial charge in [0.2, 0.25) is 0 Å². The molecular weight excluding hydrogens is 162 g/mol. The number of unbranched alkanes of at least 4 members (excludes halogenated alkanes) is 1. The van der Waals surface area contributed by atoms with Crippen molar-refractivity contribution in [3.8, 4) is 0 Å². The first-order valence-corrected chi connectivity index (χ1v) is 4.61. The lowest BCUT2D eigenvalue weighted by molar-refractivity contribution is -0.0753. The predicted molar refractivity (Wildman–Crippen MR) is 43.0 cm³/mol. The quantitative estimate of drug-likeness (QED) is 0.306. The third-order valence-corrected chi connectivity index (χ3v) is 1.80. The standard InChI is InChI=1S/C6H15NO3Si/c1-9-6(11-8)10-5-3-2-4-7/h6,8H,2-5,7H2,1H3. The molecule has 66 valence electrons. The minimum atomic E-state index is -0.451. The molecule has 0 heterocycles. The van der Waals surface area contributed by atoms with Gasteiger partial charge in [0, 0.05) is 13.7 Å². The van der Waals surface area contributed by atoms with Crippen LogP contribution in [0.4, 0.5) is 0 Å². The van der Waals surface area contributed by atoms with Gasteiger partial charge in [0.25, 0.3) is 9.76 Å².